The van der Waals surface area contributed by atoms with Gasteiger partial charge < -0.3 is 0 Å². The van der Waals surface area contributed by atoms with Gasteiger partial charge in [-0.2, -0.15) is 0 Å². The molecule has 80 valence electrons. The van der Waals surface area contributed by atoms with E-state index in [9.17, 15) is 4.79 Å². The molecule has 0 atom stereocenters. The average molecular weight is 251 g/mol. The van der Waals surface area contributed by atoms with Gasteiger partial charge in [0.25, 0.3) is 5.56 Å². The topological polar surface area (TPSA) is 34.4 Å². The molecule has 0 saturated carbocycles. The monoisotopic (exact) mass is 250 g/mol. The molecule has 3 nitrogen and oxygen atoms in total. The van der Waals surface area contributed by atoms with Crippen LogP contribution in [-0.2, 0) is 0 Å². The third-order valence-electron chi connectivity index (χ3n) is 2.51. The molecule has 0 spiro atoms. The molecule has 2 aromatic heterocycles. The predicted molar refractivity (Wildman–Crippen MR) is 66.6 cm³/mol. The number of aromatic nitrogens is 2. The van der Waals surface area contributed by atoms with Gasteiger partial charge in [0.1, 0.15) is 0 Å². The first-order valence-corrected chi connectivity index (χ1v) is 5.99. The third kappa shape index (κ3) is 1.20. The average Bonchev–Trinajstić information content (AvgIpc) is 2.63. The molecular weight excluding hydrogens is 244 g/mol. The van der Waals surface area contributed by atoms with Crippen molar-refractivity contribution in [2.45, 2.75) is 6.92 Å². The Bertz CT molecular complexity index is 760. The van der Waals surface area contributed by atoms with Crippen LogP contribution in [0.15, 0.2) is 28.4 Å². The molecule has 0 aliphatic heterocycles. The molecule has 0 N–H and O–H groups in total. The number of hydrogen-bond donors (Lipinski definition) is 0. The maximum atomic E-state index is 12.2. The van der Waals surface area contributed by atoms with Crippen LogP contribution in [-0.4, -0.2) is 9.38 Å². The molecule has 0 amide bonds. The number of aryl methyl sites for hydroxylation is 1. The molecule has 0 aliphatic carbocycles. The van der Waals surface area contributed by atoms with Gasteiger partial charge in [-0.15, -0.1) is 11.3 Å². The maximum absolute atomic E-state index is 12.2. The van der Waals surface area contributed by atoms with E-state index in [1.165, 1.54) is 11.3 Å². The highest BCUT2D eigenvalue weighted by atomic mass is 35.5. The van der Waals surface area contributed by atoms with Gasteiger partial charge in [-0.25, -0.2) is 4.98 Å². The number of thiazole rings is 1. The molecule has 0 unspecified atom stereocenters. The second-order valence-corrected chi connectivity index (χ2v) is 4.79. The fraction of sp³-hybridized carbons (Fsp3) is 0.0909. The molecular formula is C11H7ClN2OS. The van der Waals surface area contributed by atoms with Crippen molar-refractivity contribution in [3.8, 4) is 0 Å². The van der Waals surface area contributed by atoms with Crippen molar-refractivity contribution in [3.63, 3.8) is 0 Å². The van der Waals surface area contributed by atoms with E-state index in [-0.39, 0.29) is 5.56 Å². The van der Waals surface area contributed by atoms with Crippen LogP contribution < -0.4 is 5.56 Å². The molecule has 1 aromatic carbocycles. The lowest BCUT2D eigenvalue weighted by Crippen LogP contribution is -2.14. The second-order valence-electron chi connectivity index (χ2n) is 3.55. The number of halogens is 1. The molecule has 16 heavy (non-hydrogen) atoms. The van der Waals surface area contributed by atoms with Gasteiger partial charge in [-0.1, -0.05) is 17.7 Å². The van der Waals surface area contributed by atoms with Gasteiger partial charge in [0.2, 0.25) is 0 Å². The smallest absolute Gasteiger partial charge is 0.266 e. The molecule has 0 saturated heterocycles. The lowest BCUT2D eigenvalue weighted by molar-refractivity contribution is 1.05. The van der Waals surface area contributed by atoms with Crippen LogP contribution in [0.3, 0.4) is 0 Å². The first-order chi connectivity index (χ1) is 7.68. The largest absolute Gasteiger partial charge is 0.268 e. The molecule has 0 aliphatic rings. The third-order valence-corrected chi connectivity index (χ3v) is 3.76. The molecule has 2 heterocycles. The fourth-order valence-electron chi connectivity index (χ4n) is 1.74. The van der Waals surface area contributed by atoms with Crippen LogP contribution in [0, 0.1) is 6.92 Å². The lowest BCUT2D eigenvalue weighted by Gasteiger charge is -2.00. The highest BCUT2D eigenvalue weighted by Gasteiger charge is 2.10. The van der Waals surface area contributed by atoms with Crippen molar-refractivity contribution < 1.29 is 0 Å². The van der Waals surface area contributed by atoms with Gasteiger partial charge in [-0.05, 0) is 19.1 Å². The molecule has 0 radical (unpaired) electrons. The summed E-state index contributed by atoms with van der Waals surface area (Å²) in [7, 11) is 0. The van der Waals surface area contributed by atoms with E-state index >= 15 is 0 Å². The van der Waals surface area contributed by atoms with E-state index in [4.69, 9.17) is 11.6 Å². The SMILES string of the molecule is Cc1csc2nc3c(Cl)cccc3c(=O)n12. The summed E-state index contributed by atoms with van der Waals surface area (Å²) in [6.07, 6.45) is 0. The van der Waals surface area contributed by atoms with Crippen LogP contribution in [0.4, 0.5) is 0 Å². The van der Waals surface area contributed by atoms with Gasteiger partial charge in [0, 0.05) is 11.1 Å². The maximum Gasteiger partial charge on any atom is 0.266 e. The number of para-hydroxylation sites is 1. The van der Waals surface area contributed by atoms with Crippen LogP contribution in [0.1, 0.15) is 5.69 Å². The Hall–Kier alpha value is -1.39. The number of benzene rings is 1. The minimum atomic E-state index is -0.0544. The number of nitrogens with zero attached hydrogens (tertiary/aromatic N) is 2. The van der Waals surface area contributed by atoms with Crippen LogP contribution in [0.2, 0.25) is 5.02 Å². The van der Waals surface area contributed by atoms with Crippen molar-refractivity contribution in [1.29, 1.82) is 0 Å². The number of hydrogen-bond acceptors (Lipinski definition) is 3. The van der Waals surface area contributed by atoms with Crippen molar-refractivity contribution in [2.24, 2.45) is 0 Å². The minimum Gasteiger partial charge on any atom is -0.268 e. The summed E-state index contributed by atoms with van der Waals surface area (Å²) < 4.78 is 1.61. The van der Waals surface area contributed by atoms with E-state index in [0.29, 0.717) is 20.9 Å². The standard InChI is InChI=1S/C11H7ClN2OS/c1-6-5-16-11-13-9-7(10(15)14(6)11)3-2-4-8(9)12/h2-5H,1H3. The lowest BCUT2D eigenvalue weighted by atomic mass is 10.2. The molecule has 0 fully saturated rings. The fourth-order valence-corrected chi connectivity index (χ4v) is 2.81. The summed E-state index contributed by atoms with van der Waals surface area (Å²) in [6.45, 7) is 1.89. The zero-order chi connectivity index (χ0) is 11.3. The first-order valence-electron chi connectivity index (χ1n) is 4.73. The van der Waals surface area contributed by atoms with Gasteiger partial charge in [-0.3, -0.25) is 9.20 Å². The zero-order valence-corrected chi connectivity index (χ0v) is 9.97. The highest BCUT2D eigenvalue weighted by Crippen LogP contribution is 2.21. The first kappa shape index (κ1) is 9.81. The van der Waals surface area contributed by atoms with E-state index in [0.717, 1.165) is 5.69 Å². The van der Waals surface area contributed by atoms with E-state index < -0.39 is 0 Å². The van der Waals surface area contributed by atoms with Crippen LogP contribution in [0.5, 0.6) is 0 Å². The summed E-state index contributed by atoms with van der Waals surface area (Å²) in [5.74, 6) is 0. The Balaban J connectivity index is 2.69. The predicted octanol–water partition coefficient (Wildman–Crippen LogP) is 2.87. The molecule has 5 heteroatoms. The number of rotatable bonds is 0. The van der Waals surface area contributed by atoms with Crippen LogP contribution in [0.25, 0.3) is 15.9 Å². The number of fused-ring (bicyclic) bond motifs is 2. The molecule has 0 bridgehead atoms. The van der Waals surface area contributed by atoms with Crippen molar-refractivity contribution in [3.05, 3.63) is 44.6 Å². The van der Waals surface area contributed by atoms with Gasteiger partial charge in [0.15, 0.2) is 4.96 Å². The molecule has 3 rings (SSSR count). The normalized spacial score (nSPS) is 11.4. The summed E-state index contributed by atoms with van der Waals surface area (Å²) >= 11 is 7.48. The molecule has 3 aromatic rings. The van der Waals surface area contributed by atoms with E-state index in [1.807, 2.05) is 12.3 Å². The van der Waals surface area contributed by atoms with Gasteiger partial charge >= 0.3 is 0 Å². The van der Waals surface area contributed by atoms with E-state index in [1.54, 1.807) is 22.6 Å². The highest BCUT2D eigenvalue weighted by molar-refractivity contribution is 7.15. The summed E-state index contributed by atoms with van der Waals surface area (Å²) in [5.41, 5.74) is 1.43. The minimum absolute atomic E-state index is 0.0544. The second kappa shape index (κ2) is 3.30. The summed E-state index contributed by atoms with van der Waals surface area (Å²) in [4.78, 5) is 17.3. The quantitative estimate of drug-likeness (QED) is 0.615. The Morgan fingerprint density at radius 1 is 1.44 bits per heavy atom. The Morgan fingerprint density at radius 3 is 3.06 bits per heavy atom. The summed E-state index contributed by atoms with van der Waals surface area (Å²) in [5, 5.41) is 2.99. The Labute approximate surface area is 99.9 Å². The zero-order valence-electron chi connectivity index (χ0n) is 8.40. The van der Waals surface area contributed by atoms with Crippen molar-refractivity contribution in [1.82, 2.24) is 9.38 Å². The Morgan fingerprint density at radius 2 is 2.25 bits per heavy atom. The van der Waals surface area contributed by atoms with Crippen molar-refractivity contribution in [2.75, 3.05) is 0 Å². The van der Waals surface area contributed by atoms with Crippen molar-refractivity contribution >= 4 is 38.8 Å². The Kier molecular flexibility index (Phi) is 2.02. The van der Waals surface area contributed by atoms with E-state index in [2.05, 4.69) is 4.98 Å². The summed E-state index contributed by atoms with van der Waals surface area (Å²) in [6, 6.07) is 5.26. The van der Waals surface area contributed by atoms with Gasteiger partial charge in [0.05, 0.1) is 15.9 Å². The van der Waals surface area contributed by atoms with Crippen LogP contribution >= 0.6 is 22.9 Å².